The predicted molar refractivity (Wildman–Crippen MR) is 91.2 cm³/mol. The lowest BCUT2D eigenvalue weighted by Gasteiger charge is -2.10. The van der Waals surface area contributed by atoms with Crippen molar-refractivity contribution in [3.63, 3.8) is 0 Å². The highest BCUT2D eigenvalue weighted by Gasteiger charge is 2.13. The number of carbonyl (C=O) groups excluding carboxylic acids is 2. The van der Waals surface area contributed by atoms with Crippen LogP contribution >= 0.6 is 11.6 Å². The van der Waals surface area contributed by atoms with Gasteiger partial charge in [0.25, 0.3) is 5.91 Å². The summed E-state index contributed by atoms with van der Waals surface area (Å²) in [5.41, 5.74) is 2.32. The summed E-state index contributed by atoms with van der Waals surface area (Å²) in [7, 11) is 0. The van der Waals surface area contributed by atoms with E-state index in [9.17, 15) is 9.59 Å². The molecule has 1 N–H and O–H groups in total. The molecule has 0 atom stereocenters. The highest BCUT2D eigenvalue weighted by atomic mass is 35.5. The Morgan fingerprint density at radius 3 is 2.39 bits per heavy atom. The van der Waals surface area contributed by atoms with Gasteiger partial charge in [-0.25, -0.2) is 4.79 Å². The summed E-state index contributed by atoms with van der Waals surface area (Å²) in [4.78, 5) is 24.1. The number of rotatable bonds is 5. The molecule has 5 heteroatoms. The molecule has 2 aromatic rings. The van der Waals surface area contributed by atoms with Gasteiger partial charge in [0.15, 0.2) is 0 Å². The summed E-state index contributed by atoms with van der Waals surface area (Å²) in [5.74, 6) is -0.722. The van der Waals surface area contributed by atoms with Crippen molar-refractivity contribution >= 4 is 29.2 Å². The molecule has 23 heavy (non-hydrogen) atoms. The maximum absolute atomic E-state index is 12.2. The Hall–Kier alpha value is -2.33. The minimum Gasteiger partial charge on any atom is -0.462 e. The second-order valence-corrected chi connectivity index (χ2v) is 5.56. The summed E-state index contributed by atoms with van der Waals surface area (Å²) in [5, 5.41) is 3.08. The average Bonchev–Trinajstić information content (AvgIpc) is 2.55. The quantitative estimate of drug-likeness (QED) is 0.822. The summed E-state index contributed by atoms with van der Waals surface area (Å²) in [6, 6.07) is 11.8. The van der Waals surface area contributed by atoms with Gasteiger partial charge in [-0.05, 0) is 43.7 Å². The van der Waals surface area contributed by atoms with Crippen molar-refractivity contribution in [2.24, 2.45) is 0 Å². The SMILES string of the molecule is CCCOC(=O)c1ccc(Cl)c(NC(=O)c2ccc(C)cc2)c1. The molecule has 0 spiro atoms. The van der Waals surface area contributed by atoms with Crippen molar-refractivity contribution in [2.75, 3.05) is 11.9 Å². The lowest BCUT2D eigenvalue weighted by Crippen LogP contribution is -2.13. The molecule has 4 nitrogen and oxygen atoms in total. The first-order valence-corrected chi connectivity index (χ1v) is 7.73. The van der Waals surface area contributed by atoms with Gasteiger partial charge in [-0.3, -0.25) is 4.79 Å². The Bertz CT molecular complexity index is 711. The van der Waals surface area contributed by atoms with E-state index < -0.39 is 5.97 Å². The first-order chi connectivity index (χ1) is 11.0. The normalized spacial score (nSPS) is 10.2. The average molecular weight is 332 g/mol. The third-order valence-corrected chi connectivity index (χ3v) is 3.53. The van der Waals surface area contributed by atoms with E-state index in [1.165, 1.54) is 6.07 Å². The molecule has 0 fully saturated rings. The molecule has 2 aromatic carbocycles. The largest absolute Gasteiger partial charge is 0.462 e. The second-order valence-electron chi connectivity index (χ2n) is 5.15. The standard InChI is InChI=1S/C18H18ClNO3/c1-3-10-23-18(22)14-8-9-15(19)16(11-14)20-17(21)13-6-4-12(2)5-7-13/h4-9,11H,3,10H2,1-2H3,(H,20,21). The lowest BCUT2D eigenvalue weighted by molar-refractivity contribution is 0.0505. The van der Waals surface area contributed by atoms with Gasteiger partial charge < -0.3 is 10.1 Å². The Labute approximate surface area is 140 Å². The van der Waals surface area contributed by atoms with E-state index in [1.807, 2.05) is 26.0 Å². The van der Waals surface area contributed by atoms with Crippen LogP contribution < -0.4 is 5.32 Å². The van der Waals surface area contributed by atoms with Crippen molar-refractivity contribution in [3.05, 3.63) is 64.2 Å². The van der Waals surface area contributed by atoms with Gasteiger partial charge in [-0.2, -0.15) is 0 Å². The van der Waals surface area contributed by atoms with E-state index in [4.69, 9.17) is 16.3 Å². The van der Waals surface area contributed by atoms with Gasteiger partial charge in [0.2, 0.25) is 0 Å². The van der Waals surface area contributed by atoms with Gasteiger partial charge in [0, 0.05) is 5.56 Å². The van der Waals surface area contributed by atoms with E-state index in [0.29, 0.717) is 28.4 Å². The van der Waals surface area contributed by atoms with Crippen LogP contribution in [0.1, 0.15) is 39.6 Å². The number of halogens is 1. The molecule has 0 aromatic heterocycles. The molecule has 0 bridgehead atoms. The molecule has 0 aliphatic rings. The molecule has 0 aliphatic carbocycles. The van der Waals surface area contributed by atoms with Crippen LogP contribution in [0.25, 0.3) is 0 Å². The van der Waals surface area contributed by atoms with Crippen molar-refractivity contribution in [3.8, 4) is 0 Å². The summed E-state index contributed by atoms with van der Waals surface area (Å²) in [6.07, 6.45) is 0.746. The Balaban J connectivity index is 2.17. The van der Waals surface area contributed by atoms with Gasteiger partial charge in [-0.1, -0.05) is 36.2 Å². The number of anilines is 1. The molecule has 120 valence electrons. The smallest absolute Gasteiger partial charge is 0.338 e. The van der Waals surface area contributed by atoms with Crippen molar-refractivity contribution in [2.45, 2.75) is 20.3 Å². The van der Waals surface area contributed by atoms with Gasteiger partial charge in [0.05, 0.1) is 22.9 Å². The van der Waals surface area contributed by atoms with Crippen LogP contribution in [-0.4, -0.2) is 18.5 Å². The molecule has 0 radical (unpaired) electrons. The Kier molecular flexibility index (Phi) is 5.77. The molecule has 2 rings (SSSR count). The number of amides is 1. The van der Waals surface area contributed by atoms with E-state index in [2.05, 4.69) is 5.32 Å². The van der Waals surface area contributed by atoms with Gasteiger partial charge in [-0.15, -0.1) is 0 Å². The monoisotopic (exact) mass is 331 g/mol. The van der Waals surface area contributed by atoms with Crippen LogP contribution in [0.15, 0.2) is 42.5 Å². The predicted octanol–water partition coefficient (Wildman–Crippen LogP) is 4.47. The van der Waals surface area contributed by atoms with Crippen LogP contribution in [0.4, 0.5) is 5.69 Å². The molecule has 0 aliphatic heterocycles. The number of carbonyl (C=O) groups is 2. The molecule has 1 amide bonds. The number of hydrogen-bond donors (Lipinski definition) is 1. The van der Waals surface area contributed by atoms with Gasteiger partial charge >= 0.3 is 5.97 Å². The van der Waals surface area contributed by atoms with E-state index in [1.54, 1.807) is 24.3 Å². The number of esters is 1. The number of ether oxygens (including phenoxy) is 1. The van der Waals surface area contributed by atoms with E-state index in [-0.39, 0.29) is 5.91 Å². The zero-order valence-electron chi connectivity index (χ0n) is 13.1. The molecule has 0 saturated carbocycles. The van der Waals surface area contributed by atoms with Crippen molar-refractivity contribution in [1.29, 1.82) is 0 Å². The maximum Gasteiger partial charge on any atom is 0.338 e. The first-order valence-electron chi connectivity index (χ1n) is 7.36. The number of hydrogen-bond acceptors (Lipinski definition) is 3. The van der Waals surface area contributed by atoms with Crippen LogP contribution in [-0.2, 0) is 4.74 Å². The van der Waals surface area contributed by atoms with E-state index in [0.717, 1.165) is 12.0 Å². The summed E-state index contributed by atoms with van der Waals surface area (Å²) in [6.45, 7) is 4.22. The minimum atomic E-state index is -0.436. The second kappa shape index (κ2) is 7.79. The topological polar surface area (TPSA) is 55.4 Å². The van der Waals surface area contributed by atoms with Crippen molar-refractivity contribution in [1.82, 2.24) is 0 Å². The first kappa shape index (κ1) is 17.0. The minimum absolute atomic E-state index is 0.286. The summed E-state index contributed by atoms with van der Waals surface area (Å²) < 4.78 is 5.08. The van der Waals surface area contributed by atoms with E-state index >= 15 is 0 Å². The van der Waals surface area contributed by atoms with Crippen LogP contribution in [0, 0.1) is 6.92 Å². The fourth-order valence-electron chi connectivity index (χ4n) is 1.93. The Morgan fingerprint density at radius 1 is 1.09 bits per heavy atom. The third-order valence-electron chi connectivity index (χ3n) is 3.20. The highest BCUT2D eigenvalue weighted by Crippen LogP contribution is 2.24. The van der Waals surface area contributed by atoms with Crippen molar-refractivity contribution < 1.29 is 14.3 Å². The van der Waals surface area contributed by atoms with Crippen LogP contribution in [0.3, 0.4) is 0 Å². The lowest BCUT2D eigenvalue weighted by atomic mass is 10.1. The fraction of sp³-hybridized carbons (Fsp3) is 0.222. The molecule has 0 saturated heterocycles. The molecular formula is C18H18ClNO3. The number of nitrogens with one attached hydrogen (secondary N) is 1. The summed E-state index contributed by atoms with van der Waals surface area (Å²) >= 11 is 6.10. The molecule has 0 unspecified atom stereocenters. The molecular weight excluding hydrogens is 314 g/mol. The Morgan fingerprint density at radius 2 is 1.74 bits per heavy atom. The molecule has 0 heterocycles. The zero-order valence-corrected chi connectivity index (χ0v) is 13.8. The highest BCUT2D eigenvalue weighted by molar-refractivity contribution is 6.34. The van der Waals surface area contributed by atoms with Crippen LogP contribution in [0.2, 0.25) is 5.02 Å². The number of benzene rings is 2. The number of aryl methyl sites for hydroxylation is 1. The third kappa shape index (κ3) is 4.57. The fourth-order valence-corrected chi connectivity index (χ4v) is 2.09. The van der Waals surface area contributed by atoms with Gasteiger partial charge in [0.1, 0.15) is 0 Å². The maximum atomic E-state index is 12.2. The zero-order chi connectivity index (χ0) is 16.8. The van der Waals surface area contributed by atoms with Crippen LogP contribution in [0.5, 0.6) is 0 Å².